The van der Waals surface area contributed by atoms with Crippen molar-refractivity contribution < 1.29 is 44.7 Å². The van der Waals surface area contributed by atoms with Gasteiger partial charge in [0.05, 0.1) is 45.1 Å². The predicted molar refractivity (Wildman–Crippen MR) is 192 cm³/mol. The molecular weight excluding hydrogens is 690 g/mol. The zero-order chi connectivity index (χ0) is 35.7. The maximum atomic E-state index is 14.2. The molecule has 9 nitrogen and oxygen atoms in total. The van der Waals surface area contributed by atoms with Crippen LogP contribution in [0.25, 0.3) is 16.6 Å². The van der Waals surface area contributed by atoms with Crippen molar-refractivity contribution in [2.24, 2.45) is 0 Å². The lowest BCUT2D eigenvalue weighted by Crippen LogP contribution is -3.00. The molecule has 4 heterocycles. The third kappa shape index (κ3) is 7.34. The van der Waals surface area contributed by atoms with Gasteiger partial charge in [-0.1, -0.05) is 24.3 Å². The Morgan fingerprint density at radius 3 is 2.13 bits per heavy atom. The summed E-state index contributed by atoms with van der Waals surface area (Å²) in [6.07, 6.45) is 1.45. The Hall–Kier alpha value is -4.97. The molecule has 5 aromatic rings. The fraction of sp³-hybridized carbons (Fsp3) is 0.300. The molecule has 272 valence electrons. The minimum absolute atomic E-state index is 0. The molecule has 0 aliphatic carbocycles. The molecular formula is C40H41ClF2N4O5. The van der Waals surface area contributed by atoms with Crippen molar-refractivity contribution in [3.8, 4) is 22.9 Å². The molecule has 1 aromatic heterocycles. The second-order valence-corrected chi connectivity index (χ2v) is 13.2. The van der Waals surface area contributed by atoms with Gasteiger partial charge in [0, 0.05) is 79.3 Å². The summed E-state index contributed by atoms with van der Waals surface area (Å²) >= 11 is 0. The molecule has 8 rings (SSSR count). The van der Waals surface area contributed by atoms with Gasteiger partial charge in [-0.05, 0) is 36.8 Å². The molecule has 3 saturated heterocycles. The van der Waals surface area contributed by atoms with Crippen LogP contribution in [0.5, 0.6) is 17.2 Å². The number of carbonyl (C=O) groups excluding carboxylic acids is 1. The Labute approximate surface area is 307 Å². The van der Waals surface area contributed by atoms with Gasteiger partial charge in [-0.2, -0.15) is 0 Å². The Bertz CT molecular complexity index is 2130. The Morgan fingerprint density at radius 2 is 1.48 bits per heavy atom. The monoisotopic (exact) mass is 730 g/mol. The van der Waals surface area contributed by atoms with E-state index in [0.717, 1.165) is 74.1 Å². The fourth-order valence-electron chi connectivity index (χ4n) is 7.32. The Morgan fingerprint density at radius 1 is 0.827 bits per heavy atom. The number of halogens is 3. The summed E-state index contributed by atoms with van der Waals surface area (Å²) in [6.45, 7) is 9.95. The summed E-state index contributed by atoms with van der Waals surface area (Å²) in [6, 6.07) is 21.7. The first-order valence-corrected chi connectivity index (χ1v) is 17.2. The molecule has 1 amide bonds. The van der Waals surface area contributed by atoms with Crippen molar-refractivity contribution in [3.05, 3.63) is 124 Å². The van der Waals surface area contributed by atoms with Crippen LogP contribution in [0, 0.1) is 11.6 Å². The number of methoxy groups -OCH3 is 2. The van der Waals surface area contributed by atoms with Gasteiger partial charge in [-0.25, -0.2) is 8.78 Å². The summed E-state index contributed by atoms with van der Waals surface area (Å²) in [4.78, 5) is 31.7. The van der Waals surface area contributed by atoms with Gasteiger partial charge in [-0.15, -0.1) is 0 Å². The zero-order valence-corrected chi connectivity index (χ0v) is 30.2. The molecule has 3 aliphatic rings. The Kier molecular flexibility index (Phi) is 10.9. The maximum Gasteiger partial charge on any atom is 0.263 e. The van der Waals surface area contributed by atoms with Crippen molar-refractivity contribution in [1.29, 1.82) is 0 Å². The van der Waals surface area contributed by atoms with Crippen LogP contribution in [0.15, 0.2) is 89.9 Å². The first-order valence-electron chi connectivity index (χ1n) is 17.2. The molecule has 4 aromatic carbocycles. The van der Waals surface area contributed by atoms with Crippen LogP contribution in [0.2, 0.25) is 0 Å². The van der Waals surface area contributed by atoms with Gasteiger partial charge >= 0.3 is 0 Å². The highest BCUT2D eigenvalue weighted by molar-refractivity contribution is 6.07. The third-order valence-electron chi connectivity index (χ3n) is 10.2. The first kappa shape index (κ1) is 36.8. The average molecular weight is 731 g/mol. The lowest BCUT2D eigenvalue weighted by molar-refractivity contribution is -0.953. The highest BCUT2D eigenvalue weighted by Gasteiger charge is 2.38. The van der Waals surface area contributed by atoms with Crippen LogP contribution in [0.1, 0.15) is 28.4 Å². The molecule has 12 heteroatoms. The lowest BCUT2D eigenvalue weighted by Gasteiger charge is -2.50. The van der Waals surface area contributed by atoms with Crippen LogP contribution in [0.3, 0.4) is 0 Å². The number of ether oxygens (including phenoxy) is 3. The first-order chi connectivity index (χ1) is 24.7. The summed E-state index contributed by atoms with van der Waals surface area (Å²) in [5.74, 6) is -0.805. The van der Waals surface area contributed by atoms with Crippen molar-refractivity contribution in [3.63, 3.8) is 0 Å². The van der Waals surface area contributed by atoms with Crippen LogP contribution in [-0.2, 0) is 13.2 Å². The number of amides is 1. The molecule has 3 aliphatic heterocycles. The lowest BCUT2D eigenvalue weighted by atomic mass is 10.0. The number of rotatable bonds is 11. The molecule has 3 fully saturated rings. The van der Waals surface area contributed by atoms with Gasteiger partial charge in [0.15, 0.2) is 0 Å². The molecule has 0 radical (unpaired) electrons. The second kappa shape index (κ2) is 15.3. The number of anilines is 1. The molecule has 52 heavy (non-hydrogen) atoms. The van der Waals surface area contributed by atoms with Crippen LogP contribution in [-0.4, -0.2) is 79.9 Å². The SMILES string of the molecule is CCN(C(=O)c1cn(-c2cc(OC)cc(OCc3ccccc3C[N+]34CCN(CC3)CC4)c2)c2cc(OC)ccc2c1=O)c1cc(F)cc(F)c1.[Cl-]. The van der Waals surface area contributed by atoms with E-state index in [2.05, 4.69) is 23.1 Å². The minimum atomic E-state index is -0.830. The van der Waals surface area contributed by atoms with Gasteiger partial charge in [0.2, 0.25) is 5.43 Å². The highest BCUT2D eigenvalue weighted by Crippen LogP contribution is 2.31. The second-order valence-electron chi connectivity index (χ2n) is 13.2. The molecule has 0 unspecified atom stereocenters. The van der Waals surface area contributed by atoms with Crippen molar-refractivity contribution >= 4 is 22.5 Å². The third-order valence-corrected chi connectivity index (χ3v) is 10.2. The largest absolute Gasteiger partial charge is 1.00 e. The van der Waals surface area contributed by atoms with Gasteiger partial charge in [-0.3, -0.25) is 14.5 Å². The number of fused-ring (bicyclic) bond motifs is 4. The smallest absolute Gasteiger partial charge is 0.263 e. The van der Waals surface area contributed by atoms with E-state index in [9.17, 15) is 18.4 Å². The number of quaternary nitrogens is 1. The summed E-state index contributed by atoms with van der Waals surface area (Å²) in [5, 5.41) is 0.258. The molecule has 0 atom stereocenters. The van der Waals surface area contributed by atoms with Crippen molar-refractivity contribution in [2.45, 2.75) is 20.1 Å². The van der Waals surface area contributed by atoms with Crippen LogP contribution < -0.4 is 36.9 Å². The number of pyridine rings is 1. The highest BCUT2D eigenvalue weighted by atomic mass is 35.5. The number of piperazine rings is 3. The quantitative estimate of drug-likeness (QED) is 0.195. The molecule has 2 bridgehead atoms. The molecule has 0 N–H and O–H groups in total. The van der Waals surface area contributed by atoms with E-state index in [1.54, 1.807) is 48.9 Å². The number of benzene rings is 4. The van der Waals surface area contributed by atoms with E-state index in [1.807, 2.05) is 12.1 Å². The van der Waals surface area contributed by atoms with Gasteiger partial charge < -0.3 is 40.6 Å². The van der Waals surface area contributed by atoms with Crippen molar-refractivity contribution in [1.82, 2.24) is 9.47 Å². The van der Waals surface area contributed by atoms with E-state index in [-0.39, 0.29) is 35.6 Å². The van der Waals surface area contributed by atoms with E-state index in [4.69, 9.17) is 14.2 Å². The topological polar surface area (TPSA) is 73.2 Å². The van der Waals surface area contributed by atoms with Crippen LogP contribution in [0.4, 0.5) is 14.5 Å². The number of hydrogen-bond acceptors (Lipinski definition) is 6. The fourth-order valence-corrected chi connectivity index (χ4v) is 7.32. The number of aromatic nitrogens is 1. The van der Waals surface area contributed by atoms with Gasteiger partial charge in [0.1, 0.15) is 47.6 Å². The molecule has 0 saturated carbocycles. The number of nitrogens with zero attached hydrogens (tertiary/aromatic N) is 4. The number of carbonyl (C=O) groups is 1. The maximum absolute atomic E-state index is 14.2. The molecule has 0 spiro atoms. The van der Waals surface area contributed by atoms with Crippen LogP contribution >= 0.6 is 0 Å². The van der Waals surface area contributed by atoms with Gasteiger partial charge in [0.25, 0.3) is 5.91 Å². The normalized spacial score (nSPS) is 17.8. The summed E-state index contributed by atoms with van der Waals surface area (Å²) in [7, 11) is 3.09. The Balaban J connectivity index is 0.00000464. The van der Waals surface area contributed by atoms with E-state index in [0.29, 0.717) is 35.1 Å². The summed E-state index contributed by atoms with van der Waals surface area (Å²) in [5.41, 5.74) is 2.74. The van der Waals surface area contributed by atoms with E-state index in [1.165, 1.54) is 23.8 Å². The van der Waals surface area contributed by atoms with E-state index >= 15 is 0 Å². The van der Waals surface area contributed by atoms with Crippen molar-refractivity contribution in [2.75, 3.05) is 64.9 Å². The summed E-state index contributed by atoms with van der Waals surface area (Å²) < 4.78 is 48.8. The zero-order valence-electron chi connectivity index (χ0n) is 29.4. The number of hydrogen-bond donors (Lipinski definition) is 0. The predicted octanol–water partition coefficient (Wildman–Crippen LogP) is 3.18. The minimum Gasteiger partial charge on any atom is -1.00 e. The van der Waals surface area contributed by atoms with E-state index < -0.39 is 23.0 Å². The average Bonchev–Trinajstić information content (AvgIpc) is 3.14. The standard InChI is InChI=1S/C40H41F2N4O5.ClH/c1-4-44(31-18-29(41)17-30(42)19-31)40(48)37-24-45(38-23-33(49-2)9-10-36(38)39(37)47)32-20-34(50-3)22-35(21-32)51-26-28-8-6-5-7-27(28)25-46-14-11-43(12-15-46)13-16-46;/h5-10,17-24H,4,11-16,25-26H2,1-3H3;1H/q+1;/p-1.